The Kier molecular flexibility index (Phi) is 3.87. The Labute approximate surface area is 112 Å². The summed E-state index contributed by atoms with van der Waals surface area (Å²) in [5.41, 5.74) is -0.356. The van der Waals surface area contributed by atoms with Crippen molar-refractivity contribution in [2.75, 3.05) is 25.0 Å². The molecular formula is C12H14BrF3N2. The maximum atomic E-state index is 13.0. The molecule has 1 aliphatic heterocycles. The van der Waals surface area contributed by atoms with Gasteiger partial charge in [-0.25, -0.2) is 0 Å². The van der Waals surface area contributed by atoms with Crippen LogP contribution in [0.25, 0.3) is 0 Å². The SMILES string of the molecule is CN(c1ccc(Br)cc1C(F)(F)F)C1CCNC1. The van der Waals surface area contributed by atoms with Gasteiger partial charge in [0.2, 0.25) is 0 Å². The predicted octanol–water partition coefficient (Wildman–Crippen LogP) is 3.27. The maximum Gasteiger partial charge on any atom is 0.418 e. The highest BCUT2D eigenvalue weighted by Crippen LogP contribution is 2.38. The summed E-state index contributed by atoms with van der Waals surface area (Å²) in [6.45, 7) is 1.58. The molecular weight excluding hydrogens is 309 g/mol. The van der Waals surface area contributed by atoms with Gasteiger partial charge in [-0.2, -0.15) is 13.2 Å². The van der Waals surface area contributed by atoms with Crippen molar-refractivity contribution in [2.24, 2.45) is 0 Å². The van der Waals surface area contributed by atoms with Crippen LogP contribution in [0.4, 0.5) is 18.9 Å². The molecule has 1 N–H and O–H groups in total. The van der Waals surface area contributed by atoms with Crippen LogP contribution in [0.3, 0.4) is 0 Å². The Morgan fingerprint density at radius 1 is 1.39 bits per heavy atom. The third kappa shape index (κ3) is 2.80. The molecule has 0 saturated carbocycles. The fraction of sp³-hybridized carbons (Fsp3) is 0.500. The minimum atomic E-state index is -4.33. The number of anilines is 1. The van der Waals surface area contributed by atoms with Crippen molar-refractivity contribution in [2.45, 2.75) is 18.6 Å². The van der Waals surface area contributed by atoms with Gasteiger partial charge in [-0.05, 0) is 31.2 Å². The van der Waals surface area contributed by atoms with E-state index in [1.165, 1.54) is 6.07 Å². The Bertz CT molecular complexity index is 428. The summed E-state index contributed by atoms with van der Waals surface area (Å²) in [5, 5.41) is 3.16. The molecule has 100 valence electrons. The van der Waals surface area contributed by atoms with Crippen molar-refractivity contribution >= 4 is 21.6 Å². The summed E-state index contributed by atoms with van der Waals surface area (Å²) < 4.78 is 39.5. The van der Waals surface area contributed by atoms with Crippen molar-refractivity contribution < 1.29 is 13.2 Å². The second-order valence-electron chi connectivity index (χ2n) is 4.42. The van der Waals surface area contributed by atoms with E-state index in [2.05, 4.69) is 21.2 Å². The van der Waals surface area contributed by atoms with Crippen molar-refractivity contribution in [3.05, 3.63) is 28.2 Å². The first-order valence-corrected chi connectivity index (χ1v) is 6.49. The molecule has 1 aliphatic rings. The molecule has 18 heavy (non-hydrogen) atoms. The largest absolute Gasteiger partial charge is 0.418 e. The Hall–Kier alpha value is -0.750. The van der Waals surface area contributed by atoms with Gasteiger partial charge in [0.25, 0.3) is 0 Å². The number of likely N-dealkylation sites (N-methyl/N-ethyl adjacent to an activating group) is 1. The molecule has 1 saturated heterocycles. The molecule has 0 bridgehead atoms. The third-order valence-electron chi connectivity index (χ3n) is 3.23. The van der Waals surface area contributed by atoms with Crippen LogP contribution in [-0.2, 0) is 6.18 Å². The topological polar surface area (TPSA) is 15.3 Å². The quantitative estimate of drug-likeness (QED) is 0.899. The first-order chi connectivity index (χ1) is 8.39. The third-order valence-corrected chi connectivity index (χ3v) is 3.72. The van der Waals surface area contributed by atoms with Crippen molar-refractivity contribution in [1.82, 2.24) is 5.32 Å². The molecule has 6 heteroatoms. The normalized spacial score (nSPS) is 20.2. The summed E-state index contributed by atoms with van der Waals surface area (Å²) in [5.74, 6) is 0. The van der Waals surface area contributed by atoms with E-state index in [-0.39, 0.29) is 11.7 Å². The van der Waals surface area contributed by atoms with Crippen LogP contribution in [0.5, 0.6) is 0 Å². The Morgan fingerprint density at radius 3 is 2.67 bits per heavy atom. The van der Waals surface area contributed by atoms with Gasteiger partial charge in [-0.15, -0.1) is 0 Å². The van der Waals surface area contributed by atoms with Crippen molar-refractivity contribution in [3.63, 3.8) is 0 Å². The lowest BCUT2D eigenvalue weighted by molar-refractivity contribution is -0.137. The Morgan fingerprint density at radius 2 is 2.11 bits per heavy atom. The van der Waals surface area contributed by atoms with Crippen LogP contribution in [-0.4, -0.2) is 26.2 Å². The number of hydrogen-bond acceptors (Lipinski definition) is 2. The highest BCUT2D eigenvalue weighted by molar-refractivity contribution is 9.10. The van der Waals surface area contributed by atoms with Crippen LogP contribution >= 0.6 is 15.9 Å². The van der Waals surface area contributed by atoms with Gasteiger partial charge < -0.3 is 10.2 Å². The molecule has 0 amide bonds. The average molecular weight is 323 g/mol. The highest BCUT2D eigenvalue weighted by Gasteiger charge is 2.35. The van der Waals surface area contributed by atoms with Crippen molar-refractivity contribution in [1.29, 1.82) is 0 Å². The summed E-state index contributed by atoms with van der Waals surface area (Å²) in [6, 6.07) is 4.41. The van der Waals surface area contributed by atoms with E-state index in [1.807, 2.05) is 0 Å². The molecule has 1 aromatic rings. The zero-order valence-electron chi connectivity index (χ0n) is 9.89. The van der Waals surface area contributed by atoms with E-state index in [0.29, 0.717) is 4.47 Å². The van der Waals surface area contributed by atoms with Crippen molar-refractivity contribution in [3.8, 4) is 0 Å². The number of nitrogens with zero attached hydrogens (tertiary/aromatic N) is 1. The van der Waals surface area contributed by atoms with E-state index in [4.69, 9.17) is 0 Å². The number of alkyl halides is 3. The van der Waals surface area contributed by atoms with Gasteiger partial charge in [-0.3, -0.25) is 0 Å². The molecule has 1 heterocycles. The summed E-state index contributed by atoms with van der Waals surface area (Å²) in [6.07, 6.45) is -3.47. The molecule has 2 nitrogen and oxygen atoms in total. The predicted molar refractivity (Wildman–Crippen MR) is 68.8 cm³/mol. The van der Waals surface area contributed by atoms with E-state index < -0.39 is 11.7 Å². The minimum Gasteiger partial charge on any atom is -0.370 e. The van der Waals surface area contributed by atoms with Gasteiger partial charge >= 0.3 is 6.18 Å². The maximum absolute atomic E-state index is 13.0. The molecule has 1 aromatic carbocycles. The van der Waals surface area contributed by atoms with Crippen LogP contribution < -0.4 is 10.2 Å². The fourth-order valence-corrected chi connectivity index (χ4v) is 2.57. The molecule has 0 aliphatic carbocycles. The first-order valence-electron chi connectivity index (χ1n) is 5.70. The molecule has 0 radical (unpaired) electrons. The molecule has 1 atom stereocenters. The molecule has 0 spiro atoms. The van der Waals surface area contributed by atoms with Crippen LogP contribution in [0.2, 0.25) is 0 Å². The number of hydrogen-bond donors (Lipinski definition) is 1. The second kappa shape index (κ2) is 5.09. The first kappa shape index (κ1) is 13.7. The average Bonchev–Trinajstić information content (AvgIpc) is 2.80. The van der Waals surface area contributed by atoms with Gasteiger partial charge in [0.1, 0.15) is 0 Å². The number of rotatable bonds is 2. The smallest absolute Gasteiger partial charge is 0.370 e. The summed E-state index contributed by atoms with van der Waals surface area (Å²) in [4.78, 5) is 1.72. The van der Waals surface area contributed by atoms with Crippen LogP contribution in [0.1, 0.15) is 12.0 Å². The molecule has 1 fully saturated rings. The zero-order valence-corrected chi connectivity index (χ0v) is 11.5. The van der Waals surface area contributed by atoms with Crippen LogP contribution in [0, 0.1) is 0 Å². The molecule has 1 unspecified atom stereocenters. The lowest BCUT2D eigenvalue weighted by atomic mass is 10.1. The fourth-order valence-electron chi connectivity index (χ4n) is 2.21. The minimum absolute atomic E-state index is 0.118. The van der Waals surface area contributed by atoms with Crippen LogP contribution in [0.15, 0.2) is 22.7 Å². The summed E-state index contributed by atoms with van der Waals surface area (Å²) >= 11 is 3.09. The number of nitrogens with one attached hydrogen (secondary N) is 1. The highest BCUT2D eigenvalue weighted by atomic mass is 79.9. The van der Waals surface area contributed by atoms with E-state index in [1.54, 1.807) is 18.0 Å². The Balaban J connectivity index is 2.37. The summed E-state index contributed by atoms with van der Waals surface area (Å²) in [7, 11) is 1.72. The number of halogens is 4. The molecule has 2 rings (SSSR count). The van der Waals surface area contributed by atoms with Gasteiger partial charge in [0.05, 0.1) is 5.56 Å². The van der Waals surface area contributed by atoms with E-state index in [9.17, 15) is 13.2 Å². The zero-order chi connectivity index (χ0) is 13.3. The second-order valence-corrected chi connectivity index (χ2v) is 5.33. The monoisotopic (exact) mass is 322 g/mol. The van der Waals surface area contributed by atoms with E-state index >= 15 is 0 Å². The van der Waals surface area contributed by atoms with Gasteiger partial charge in [0.15, 0.2) is 0 Å². The van der Waals surface area contributed by atoms with E-state index in [0.717, 1.165) is 25.6 Å². The lowest BCUT2D eigenvalue weighted by Gasteiger charge is -2.29. The number of benzene rings is 1. The standard InChI is InChI=1S/C12H14BrF3N2/c1-18(9-4-5-17-7-9)11-3-2-8(13)6-10(11)12(14,15)16/h2-3,6,9,17H,4-5,7H2,1H3. The van der Waals surface area contributed by atoms with Gasteiger partial charge in [0, 0.05) is 29.8 Å². The van der Waals surface area contributed by atoms with Gasteiger partial charge in [-0.1, -0.05) is 15.9 Å². The lowest BCUT2D eigenvalue weighted by Crippen LogP contribution is -2.34. The molecule has 0 aromatic heterocycles.